The van der Waals surface area contributed by atoms with Crippen LogP contribution >= 0.6 is 0 Å². The molecule has 0 radical (unpaired) electrons. The Morgan fingerprint density at radius 2 is 1.88 bits per heavy atom. The standard InChI is InChI=1S/C14H29NO/c1-12(2)16-11-5-10-15-13-6-8-14(3,4)9-7-13/h12-13,15H,5-11H2,1-4H3. The molecule has 0 saturated heterocycles. The van der Waals surface area contributed by atoms with Gasteiger partial charge in [-0.15, -0.1) is 0 Å². The molecule has 2 nitrogen and oxygen atoms in total. The smallest absolute Gasteiger partial charge is 0.0518 e. The Kier molecular flexibility index (Phi) is 5.77. The van der Waals surface area contributed by atoms with E-state index < -0.39 is 0 Å². The van der Waals surface area contributed by atoms with Gasteiger partial charge in [-0.3, -0.25) is 0 Å². The number of nitrogens with one attached hydrogen (secondary N) is 1. The third-order valence-corrected chi connectivity index (χ3v) is 3.54. The first-order chi connectivity index (χ1) is 7.49. The summed E-state index contributed by atoms with van der Waals surface area (Å²) in [4.78, 5) is 0. The third-order valence-electron chi connectivity index (χ3n) is 3.54. The van der Waals surface area contributed by atoms with Crippen LogP contribution in [0.1, 0.15) is 59.8 Å². The molecule has 0 heterocycles. The van der Waals surface area contributed by atoms with Crippen LogP contribution in [0.15, 0.2) is 0 Å². The highest BCUT2D eigenvalue weighted by Crippen LogP contribution is 2.34. The Bertz CT molecular complexity index is 179. The maximum absolute atomic E-state index is 5.52. The molecule has 0 atom stereocenters. The summed E-state index contributed by atoms with van der Waals surface area (Å²) >= 11 is 0. The van der Waals surface area contributed by atoms with Crippen molar-refractivity contribution in [2.24, 2.45) is 5.41 Å². The normalized spacial score (nSPS) is 21.6. The largest absolute Gasteiger partial charge is 0.379 e. The van der Waals surface area contributed by atoms with Crippen LogP contribution in [0.3, 0.4) is 0 Å². The zero-order valence-corrected chi connectivity index (χ0v) is 11.5. The number of rotatable bonds is 6. The molecule has 0 spiro atoms. The lowest BCUT2D eigenvalue weighted by atomic mass is 9.75. The van der Waals surface area contributed by atoms with Crippen LogP contribution in [0.2, 0.25) is 0 Å². The second kappa shape index (κ2) is 6.61. The summed E-state index contributed by atoms with van der Waals surface area (Å²) in [6.45, 7) is 11.0. The van der Waals surface area contributed by atoms with Gasteiger partial charge in [-0.05, 0) is 57.9 Å². The fraction of sp³-hybridized carbons (Fsp3) is 1.00. The lowest BCUT2D eigenvalue weighted by molar-refractivity contribution is 0.0760. The van der Waals surface area contributed by atoms with Crippen molar-refractivity contribution < 1.29 is 4.74 Å². The second-order valence-electron chi connectivity index (χ2n) is 6.17. The minimum absolute atomic E-state index is 0.371. The molecule has 0 unspecified atom stereocenters. The molecule has 0 aromatic rings. The van der Waals surface area contributed by atoms with E-state index in [1.54, 1.807) is 0 Å². The molecule has 16 heavy (non-hydrogen) atoms. The van der Waals surface area contributed by atoms with Gasteiger partial charge < -0.3 is 10.1 Å². The summed E-state index contributed by atoms with van der Waals surface area (Å²) in [5.74, 6) is 0. The van der Waals surface area contributed by atoms with E-state index in [1.807, 2.05) is 0 Å². The highest BCUT2D eigenvalue weighted by Gasteiger charge is 2.26. The van der Waals surface area contributed by atoms with E-state index in [9.17, 15) is 0 Å². The number of ether oxygens (including phenoxy) is 1. The van der Waals surface area contributed by atoms with Gasteiger partial charge in [0.15, 0.2) is 0 Å². The van der Waals surface area contributed by atoms with E-state index in [-0.39, 0.29) is 0 Å². The molecular weight excluding hydrogens is 198 g/mol. The van der Waals surface area contributed by atoms with Crippen molar-refractivity contribution in [3.63, 3.8) is 0 Å². The zero-order chi connectivity index (χ0) is 12.0. The van der Waals surface area contributed by atoms with Gasteiger partial charge in [-0.25, -0.2) is 0 Å². The van der Waals surface area contributed by atoms with Gasteiger partial charge in [0.2, 0.25) is 0 Å². The molecule has 1 aliphatic rings. The first kappa shape index (κ1) is 14.0. The highest BCUT2D eigenvalue weighted by atomic mass is 16.5. The Balaban J connectivity index is 1.98. The van der Waals surface area contributed by atoms with Gasteiger partial charge >= 0.3 is 0 Å². The lowest BCUT2D eigenvalue weighted by Gasteiger charge is -2.34. The zero-order valence-electron chi connectivity index (χ0n) is 11.5. The molecule has 2 heteroatoms. The first-order valence-electron chi connectivity index (χ1n) is 6.84. The fourth-order valence-corrected chi connectivity index (χ4v) is 2.30. The number of hydrogen-bond donors (Lipinski definition) is 1. The molecule has 0 aromatic carbocycles. The molecule has 1 aliphatic carbocycles. The molecule has 1 fully saturated rings. The molecule has 0 aromatic heterocycles. The monoisotopic (exact) mass is 227 g/mol. The second-order valence-corrected chi connectivity index (χ2v) is 6.17. The minimum Gasteiger partial charge on any atom is -0.379 e. The van der Waals surface area contributed by atoms with Gasteiger partial charge in [0.1, 0.15) is 0 Å². The van der Waals surface area contributed by atoms with Crippen molar-refractivity contribution in [2.75, 3.05) is 13.2 Å². The SMILES string of the molecule is CC(C)OCCCNC1CCC(C)(C)CC1. The van der Waals surface area contributed by atoms with Crippen LogP contribution in [0.25, 0.3) is 0 Å². The van der Waals surface area contributed by atoms with Gasteiger partial charge in [-0.2, -0.15) is 0 Å². The van der Waals surface area contributed by atoms with Crippen LogP contribution in [0, 0.1) is 5.41 Å². The average molecular weight is 227 g/mol. The molecular formula is C14H29NO. The summed E-state index contributed by atoms with van der Waals surface area (Å²) in [5, 5.41) is 3.65. The average Bonchev–Trinajstić information content (AvgIpc) is 2.19. The maximum atomic E-state index is 5.52. The predicted octanol–water partition coefficient (Wildman–Crippen LogP) is 3.36. The van der Waals surface area contributed by atoms with E-state index in [0.29, 0.717) is 11.5 Å². The molecule has 1 saturated carbocycles. The van der Waals surface area contributed by atoms with Gasteiger partial charge in [0.05, 0.1) is 6.10 Å². The van der Waals surface area contributed by atoms with Crippen molar-refractivity contribution in [1.29, 1.82) is 0 Å². The summed E-state index contributed by atoms with van der Waals surface area (Å²) in [6.07, 6.45) is 6.93. The van der Waals surface area contributed by atoms with E-state index in [1.165, 1.54) is 25.7 Å². The molecule has 0 bridgehead atoms. The van der Waals surface area contributed by atoms with Gasteiger partial charge in [0.25, 0.3) is 0 Å². The molecule has 96 valence electrons. The highest BCUT2D eigenvalue weighted by molar-refractivity contribution is 4.81. The lowest BCUT2D eigenvalue weighted by Crippen LogP contribution is -2.36. The van der Waals surface area contributed by atoms with Crippen LogP contribution in [0.5, 0.6) is 0 Å². The van der Waals surface area contributed by atoms with Crippen LogP contribution in [0.4, 0.5) is 0 Å². The van der Waals surface area contributed by atoms with Gasteiger partial charge in [-0.1, -0.05) is 13.8 Å². The summed E-state index contributed by atoms with van der Waals surface area (Å²) in [7, 11) is 0. The Morgan fingerprint density at radius 1 is 1.25 bits per heavy atom. The van der Waals surface area contributed by atoms with Crippen molar-refractivity contribution in [3.8, 4) is 0 Å². The van der Waals surface area contributed by atoms with Crippen LogP contribution < -0.4 is 5.32 Å². The number of hydrogen-bond acceptors (Lipinski definition) is 2. The first-order valence-corrected chi connectivity index (χ1v) is 6.84. The van der Waals surface area contributed by atoms with E-state index in [2.05, 4.69) is 33.0 Å². The summed E-state index contributed by atoms with van der Waals surface area (Å²) in [6, 6.07) is 0.757. The molecule has 1 N–H and O–H groups in total. The van der Waals surface area contributed by atoms with Gasteiger partial charge in [0, 0.05) is 12.6 Å². The Morgan fingerprint density at radius 3 is 2.44 bits per heavy atom. The quantitative estimate of drug-likeness (QED) is 0.703. The van der Waals surface area contributed by atoms with Crippen molar-refractivity contribution in [2.45, 2.75) is 71.9 Å². The van der Waals surface area contributed by atoms with Crippen LogP contribution in [-0.4, -0.2) is 25.3 Å². The topological polar surface area (TPSA) is 21.3 Å². The maximum Gasteiger partial charge on any atom is 0.0518 e. The minimum atomic E-state index is 0.371. The summed E-state index contributed by atoms with van der Waals surface area (Å²) in [5.41, 5.74) is 0.582. The fourth-order valence-electron chi connectivity index (χ4n) is 2.30. The summed E-state index contributed by atoms with van der Waals surface area (Å²) < 4.78 is 5.52. The Labute approximate surface area is 101 Å². The van der Waals surface area contributed by atoms with Crippen molar-refractivity contribution in [3.05, 3.63) is 0 Å². The molecule has 0 amide bonds. The van der Waals surface area contributed by atoms with Crippen LogP contribution in [-0.2, 0) is 4.74 Å². The van der Waals surface area contributed by atoms with E-state index in [4.69, 9.17) is 4.74 Å². The van der Waals surface area contributed by atoms with E-state index in [0.717, 1.165) is 25.6 Å². The van der Waals surface area contributed by atoms with Crippen molar-refractivity contribution in [1.82, 2.24) is 5.32 Å². The Hall–Kier alpha value is -0.0800. The van der Waals surface area contributed by atoms with E-state index >= 15 is 0 Å². The molecule has 0 aliphatic heterocycles. The molecule has 1 rings (SSSR count). The third kappa shape index (κ3) is 5.86. The van der Waals surface area contributed by atoms with Crippen molar-refractivity contribution >= 4 is 0 Å². The predicted molar refractivity (Wildman–Crippen MR) is 69.7 cm³/mol.